The van der Waals surface area contributed by atoms with E-state index in [9.17, 15) is 28.2 Å². The Morgan fingerprint density at radius 2 is 1.19 bits per heavy atom. The minimum absolute atomic E-state index is 0.143. The summed E-state index contributed by atoms with van der Waals surface area (Å²) in [5.41, 5.74) is 0.101. The van der Waals surface area contributed by atoms with Gasteiger partial charge in [0.25, 0.3) is 9.05 Å². The fourth-order valence-electron chi connectivity index (χ4n) is 3.17. The van der Waals surface area contributed by atoms with Gasteiger partial charge in [-0.3, -0.25) is 0 Å². The summed E-state index contributed by atoms with van der Waals surface area (Å²) in [7, 11) is 1.54. The highest BCUT2D eigenvalue weighted by Gasteiger charge is 2.29. The number of carbonyl (C=O) groups is 2. The molecule has 2 saturated heterocycles. The molecular weight excluding hydrogens is 524 g/mol. The van der Waals surface area contributed by atoms with Crippen LogP contribution in [-0.4, -0.2) is 90.2 Å². The van der Waals surface area contributed by atoms with Gasteiger partial charge < -0.3 is 29.5 Å². The van der Waals surface area contributed by atoms with Crippen LogP contribution in [0.25, 0.3) is 0 Å². The second-order valence-electron chi connectivity index (χ2n) is 11.0. The molecule has 2 amide bonds. The fourth-order valence-corrected chi connectivity index (χ4v) is 3.94. The molecule has 2 atom stereocenters. The maximum atomic E-state index is 11.4. The van der Waals surface area contributed by atoms with Crippen LogP contribution < -0.4 is 0 Å². The van der Waals surface area contributed by atoms with Crippen LogP contribution in [0.2, 0.25) is 0 Å². The van der Waals surface area contributed by atoms with Crippen molar-refractivity contribution in [3.63, 3.8) is 0 Å². The summed E-state index contributed by atoms with van der Waals surface area (Å²) in [4.78, 5) is 26.0. The van der Waals surface area contributed by atoms with E-state index in [4.69, 9.17) is 20.2 Å². The van der Waals surface area contributed by atoms with Gasteiger partial charge in [0.15, 0.2) is 0 Å². The van der Waals surface area contributed by atoms with Crippen molar-refractivity contribution in [2.75, 3.05) is 26.2 Å². The SMILES string of the molecule is CC(C)(C)OC(=O)N1CCC(O)C1.CC(C)(C)OC(=O)N1CCC(O)C1.Cc1ccc(S(=O)(=O)Cl)cc1. The number of hydrogen-bond donors (Lipinski definition) is 2. The number of carbonyl (C=O) groups excluding carboxylic acids is 2. The normalized spacial score (nSPS) is 19.8. The predicted octanol–water partition coefficient (Wildman–Crippen LogP) is 3.90. The van der Waals surface area contributed by atoms with Crippen molar-refractivity contribution in [1.29, 1.82) is 0 Å². The van der Waals surface area contributed by atoms with E-state index in [0.717, 1.165) is 5.56 Å². The first-order valence-corrected chi connectivity index (χ1v) is 14.4. The Hall–Kier alpha value is -2.08. The van der Waals surface area contributed by atoms with Crippen molar-refractivity contribution < 1.29 is 37.7 Å². The average Bonchev–Trinajstić information content (AvgIpc) is 3.35. The third kappa shape index (κ3) is 13.9. The molecule has 0 bridgehead atoms. The summed E-state index contributed by atoms with van der Waals surface area (Å²) < 4.78 is 31.7. The molecule has 2 fully saturated rings. The Labute approximate surface area is 224 Å². The van der Waals surface area contributed by atoms with Crippen molar-refractivity contribution in [2.45, 2.75) is 89.6 Å². The van der Waals surface area contributed by atoms with Gasteiger partial charge in [0.1, 0.15) is 11.2 Å². The van der Waals surface area contributed by atoms with Crippen LogP contribution in [0, 0.1) is 6.92 Å². The lowest BCUT2D eigenvalue weighted by molar-refractivity contribution is 0.0261. The molecule has 2 aliphatic rings. The topological polar surface area (TPSA) is 134 Å². The highest BCUT2D eigenvalue weighted by Crippen LogP contribution is 2.16. The van der Waals surface area contributed by atoms with E-state index in [0.29, 0.717) is 39.0 Å². The van der Waals surface area contributed by atoms with Crippen molar-refractivity contribution in [2.24, 2.45) is 0 Å². The van der Waals surface area contributed by atoms with Crippen LogP contribution in [0.4, 0.5) is 9.59 Å². The molecular formula is C25H41ClN2O8S. The van der Waals surface area contributed by atoms with Crippen molar-refractivity contribution in [3.05, 3.63) is 29.8 Å². The first-order valence-electron chi connectivity index (χ1n) is 12.1. The standard InChI is InChI=1S/2C9H17NO3.C7H7ClO2S/c2*1-9(2,3)13-8(12)10-5-4-7(11)6-10;1-6-2-4-7(5-3-6)11(8,9)10/h2*7,11H,4-6H2,1-3H3;2-5H,1H3. The summed E-state index contributed by atoms with van der Waals surface area (Å²) in [5.74, 6) is 0. The third-order valence-corrected chi connectivity index (χ3v) is 6.30. The number of hydrogen-bond acceptors (Lipinski definition) is 8. The number of aryl methyl sites for hydroxylation is 1. The number of ether oxygens (including phenoxy) is 2. The predicted molar refractivity (Wildman–Crippen MR) is 141 cm³/mol. The van der Waals surface area contributed by atoms with Gasteiger partial charge in [-0.25, -0.2) is 18.0 Å². The van der Waals surface area contributed by atoms with Gasteiger partial charge in [0.05, 0.1) is 17.1 Å². The third-order valence-electron chi connectivity index (χ3n) is 4.93. The summed E-state index contributed by atoms with van der Waals surface area (Å²) >= 11 is 0. The molecule has 212 valence electrons. The number of nitrogens with zero attached hydrogens (tertiary/aromatic N) is 2. The molecule has 0 aliphatic carbocycles. The molecule has 37 heavy (non-hydrogen) atoms. The monoisotopic (exact) mass is 564 g/mol. The first kappa shape index (κ1) is 32.9. The highest BCUT2D eigenvalue weighted by molar-refractivity contribution is 8.13. The Balaban J connectivity index is 0.000000279. The van der Waals surface area contributed by atoms with Gasteiger partial charge >= 0.3 is 12.2 Å². The molecule has 0 saturated carbocycles. The van der Waals surface area contributed by atoms with Gasteiger partial charge in [0, 0.05) is 36.9 Å². The minimum atomic E-state index is -3.55. The Morgan fingerprint density at radius 3 is 1.43 bits per heavy atom. The molecule has 1 aromatic carbocycles. The van der Waals surface area contributed by atoms with Gasteiger partial charge in [-0.2, -0.15) is 0 Å². The number of amides is 2. The van der Waals surface area contributed by atoms with Crippen LogP contribution in [0.3, 0.4) is 0 Å². The maximum Gasteiger partial charge on any atom is 0.410 e. The van der Waals surface area contributed by atoms with Crippen molar-refractivity contribution >= 4 is 31.9 Å². The van der Waals surface area contributed by atoms with E-state index in [1.807, 2.05) is 48.5 Å². The maximum absolute atomic E-state index is 11.4. The lowest BCUT2D eigenvalue weighted by Gasteiger charge is -2.24. The van der Waals surface area contributed by atoms with Crippen LogP contribution >= 0.6 is 10.7 Å². The number of aliphatic hydroxyl groups is 2. The largest absolute Gasteiger partial charge is 0.444 e. The van der Waals surface area contributed by atoms with Crippen LogP contribution in [0.5, 0.6) is 0 Å². The molecule has 12 heteroatoms. The molecule has 2 heterocycles. The van der Waals surface area contributed by atoms with E-state index in [-0.39, 0.29) is 29.3 Å². The number of halogens is 1. The number of aliphatic hydroxyl groups excluding tert-OH is 2. The highest BCUT2D eigenvalue weighted by atomic mass is 35.7. The summed E-state index contributed by atoms with van der Waals surface area (Å²) in [6, 6.07) is 6.37. The second-order valence-corrected chi connectivity index (χ2v) is 13.6. The van der Waals surface area contributed by atoms with E-state index >= 15 is 0 Å². The second kappa shape index (κ2) is 13.6. The van der Waals surface area contributed by atoms with Crippen LogP contribution in [0.1, 0.15) is 59.9 Å². The van der Waals surface area contributed by atoms with E-state index in [1.165, 1.54) is 21.9 Å². The minimum Gasteiger partial charge on any atom is -0.444 e. The van der Waals surface area contributed by atoms with Crippen LogP contribution in [-0.2, 0) is 18.5 Å². The average molecular weight is 565 g/mol. The van der Waals surface area contributed by atoms with Crippen LogP contribution in [0.15, 0.2) is 29.2 Å². The Bertz CT molecular complexity index is 943. The van der Waals surface area contributed by atoms with Crippen molar-refractivity contribution in [3.8, 4) is 0 Å². The zero-order valence-corrected chi connectivity index (χ0v) is 24.3. The number of benzene rings is 1. The molecule has 10 nitrogen and oxygen atoms in total. The molecule has 2 unspecified atom stereocenters. The molecule has 0 radical (unpaired) electrons. The number of likely N-dealkylation sites (tertiary alicyclic amines) is 2. The Kier molecular flexibility index (Phi) is 12.1. The fraction of sp³-hybridized carbons (Fsp3) is 0.680. The Morgan fingerprint density at radius 1 is 0.838 bits per heavy atom. The van der Waals surface area contributed by atoms with Gasteiger partial charge in [-0.05, 0) is 73.4 Å². The van der Waals surface area contributed by atoms with E-state index in [1.54, 1.807) is 12.1 Å². The quantitative estimate of drug-likeness (QED) is 0.491. The summed E-state index contributed by atoms with van der Waals surface area (Å²) in [6.45, 7) is 14.8. The molecule has 3 rings (SSSR count). The lowest BCUT2D eigenvalue weighted by Crippen LogP contribution is -2.35. The zero-order valence-electron chi connectivity index (χ0n) is 22.7. The number of rotatable bonds is 1. The molecule has 0 aromatic heterocycles. The first-order chi connectivity index (χ1) is 16.8. The molecule has 1 aromatic rings. The summed E-state index contributed by atoms with van der Waals surface area (Å²) in [6.07, 6.45) is -0.119. The molecule has 2 aliphatic heterocycles. The summed E-state index contributed by atoms with van der Waals surface area (Å²) in [5, 5.41) is 18.4. The van der Waals surface area contributed by atoms with Crippen molar-refractivity contribution in [1.82, 2.24) is 9.80 Å². The van der Waals surface area contributed by atoms with Gasteiger partial charge in [-0.15, -0.1) is 0 Å². The number of β-amino-alcohol motifs (C(OH)–C–C–N with tert-alkyl or cyclic N) is 2. The smallest absolute Gasteiger partial charge is 0.410 e. The zero-order chi connectivity index (χ0) is 28.6. The molecule has 0 spiro atoms. The van der Waals surface area contributed by atoms with Gasteiger partial charge in [0.2, 0.25) is 0 Å². The van der Waals surface area contributed by atoms with Gasteiger partial charge in [-0.1, -0.05) is 17.7 Å². The molecule has 2 N–H and O–H groups in total. The van der Waals surface area contributed by atoms with E-state index < -0.39 is 20.3 Å². The van der Waals surface area contributed by atoms with E-state index in [2.05, 4.69) is 0 Å². The lowest BCUT2D eigenvalue weighted by atomic mass is 10.2.